The van der Waals surface area contributed by atoms with E-state index < -0.39 is 15.8 Å². The number of hydrogen-bond acceptors (Lipinski definition) is 2. The number of rotatable bonds is 2. The predicted octanol–water partition coefficient (Wildman–Crippen LogP) is 1.98. The van der Waals surface area contributed by atoms with Gasteiger partial charge in [0.05, 0.1) is 16.4 Å². The number of anilines is 1. The van der Waals surface area contributed by atoms with Gasteiger partial charge in [-0.05, 0) is 34.1 Å². The third-order valence-corrected chi connectivity index (χ3v) is 3.61. The van der Waals surface area contributed by atoms with Crippen LogP contribution in [0.1, 0.15) is 0 Å². The number of hydrogen-bond donors (Lipinski definition) is 0. The van der Waals surface area contributed by atoms with E-state index in [0.29, 0.717) is 10.2 Å². The van der Waals surface area contributed by atoms with Gasteiger partial charge in [-0.3, -0.25) is 4.31 Å². The van der Waals surface area contributed by atoms with Gasteiger partial charge in [0.2, 0.25) is 10.0 Å². The molecule has 0 N–H and O–H groups in total. The highest BCUT2D eigenvalue weighted by atomic mass is 79.9. The molecule has 0 saturated carbocycles. The Morgan fingerprint density at radius 2 is 2.00 bits per heavy atom. The van der Waals surface area contributed by atoms with E-state index in [9.17, 15) is 12.8 Å². The zero-order chi connectivity index (χ0) is 10.9. The fourth-order valence-electron chi connectivity index (χ4n) is 0.872. The van der Waals surface area contributed by atoms with Crippen LogP contribution in [0.5, 0.6) is 0 Å². The molecule has 0 atom stereocenters. The van der Waals surface area contributed by atoms with Crippen molar-refractivity contribution in [1.29, 1.82) is 0 Å². The molecule has 0 aliphatic carbocycles. The van der Waals surface area contributed by atoms with Crippen LogP contribution >= 0.6 is 15.9 Å². The summed E-state index contributed by atoms with van der Waals surface area (Å²) < 4.78 is 36.6. The highest BCUT2D eigenvalue weighted by Gasteiger charge is 2.12. The maximum atomic E-state index is 13.1. The molecule has 78 valence electrons. The van der Waals surface area contributed by atoms with Gasteiger partial charge < -0.3 is 0 Å². The third-order valence-electron chi connectivity index (χ3n) is 1.76. The SMILES string of the molecule is CN(c1ccc(Br)c(F)c1)S(C)(=O)=O. The Hall–Kier alpha value is -0.620. The number of nitrogens with zero attached hydrogens (tertiary/aromatic N) is 1. The van der Waals surface area contributed by atoms with Crippen molar-refractivity contribution in [3.8, 4) is 0 Å². The molecule has 0 unspecified atom stereocenters. The lowest BCUT2D eigenvalue weighted by Crippen LogP contribution is -2.24. The molecule has 1 rings (SSSR count). The Morgan fingerprint density at radius 1 is 1.43 bits per heavy atom. The summed E-state index contributed by atoms with van der Waals surface area (Å²) in [6, 6.07) is 4.14. The first-order valence-corrected chi connectivity index (χ1v) is 6.35. The van der Waals surface area contributed by atoms with E-state index >= 15 is 0 Å². The summed E-state index contributed by atoms with van der Waals surface area (Å²) >= 11 is 2.99. The van der Waals surface area contributed by atoms with Gasteiger partial charge in [-0.15, -0.1) is 0 Å². The Morgan fingerprint density at radius 3 is 2.43 bits per heavy atom. The van der Waals surface area contributed by atoms with Crippen LogP contribution in [0, 0.1) is 5.82 Å². The average molecular weight is 282 g/mol. The Balaban J connectivity index is 3.16. The molecule has 0 amide bonds. The standard InChI is InChI=1S/C8H9BrFNO2S/c1-11(14(2,12)13)6-3-4-7(9)8(10)5-6/h3-5H,1-2H3. The molecule has 0 saturated heterocycles. The second-order valence-electron chi connectivity index (χ2n) is 2.83. The normalized spacial score (nSPS) is 11.4. The molecule has 3 nitrogen and oxygen atoms in total. The Bertz CT molecular complexity index is 447. The van der Waals surface area contributed by atoms with E-state index in [2.05, 4.69) is 15.9 Å². The Kier molecular flexibility index (Phi) is 3.16. The van der Waals surface area contributed by atoms with Crippen molar-refractivity contribution < 1.29 is 12.8 Å². The van der Waals surface area contributed by atoms with E-state index in [1.807, 2.05) is 0 Å². The zero-order valence-corrected chi connectivity index (χ0v) is 10.1. The predicted molar refractivity (Wildman–Crippen MR) is 57.3 cm³/mol. The molecule has 0 spiro atoms. The molecule has 0 aliphatic rings. The highest BCUT2D eigenvalue weighted by molar-refractivity contribution is 9.10. The lowest BCUT2D eigenvalue weighted by Gasteiger charge is -2.16. The van der Waals surface area contributed by atoms with E-state index in [1.165, 1.54) is 19.2 Å². The van der Waals surface area contributed by atoms with Crippen molar-refractivity contribution in [2.24, 2.45) is 0 Å². The maximum absolute atomic E-state index is 13.1. The first-order valence-electron chi connectivity index (χ1n) is 3.71. The molecule has 0 radical (unpaired) electrons. The summed E-state index contributed by atoms with van der Waals surface area (Å²) in [5, 5.41) is 0. The molecule has 0 fully saturated rings. The minimum Gasteiger partial charge on any atom is -0.273 e. The third kappa shape index (κ3) is 2.45. The van der Waals surface area contributed by atoms with Crippen molar-refractivity contribution in [3.05, 3.63) is 28.5 Å². The lowest BCUT2D eigenvalue weighted by atomic mass is 10.3. The minimum absolute atomic E-state index is 0.299. The number of sulfonamides is 1. The van der Waals surface area contributed by atoms with E-state index in [4.69, 9.17) is 0 Å². The van der Waals surface area contributed by atoms with Crippen LogP contribution in [0.15, 0.2) is 22.7 Å². The fraction of sp³-hybridized carbons (Fsp3) is 0.250. The van der Waals surface area contributed by atoms with Crippen molar-refractivity contribution in [2.75, 3.05) is 17.6 Å². The smallest absolute Gasteiger partial charge is 0.231 e. The van der Waals surface area contributed by atoms with Crippen LogP contribution in [0.25, 0.3) is 0 Å². The van der Waals surface area contributed by atoms with Gasteiger partial charge >= 0.3 is 0 Å². The molecule has 1 aromatic carbocycles. The van der Waals surface area contributed by atoms with Gasteiger partial charge in [-0.2, -0.15) is 0 Å². The largest absolute Gasteiger partial charge is 0.273 e. The molecular weight excluding hydrogens is 273 g/mol. The van der Waals surface area contributed by atoms with E-state index in [1.54, 1.807) is 0 Å². The van der Waals surface area contributed by atoms with E-state index in [0.717, 1.165) is 16.6 Å². The zero-order valence-electron chi connectivity index (χ0n) is 7.66. The molecule has 0 bridgehead atoms. The van der Waals surface area contributed by atoms with Crippen LogP contribution in [-0.4, -0.2) is 21.7 Å². The van der Waals surface area contributed by atoms with Crippen LogP contribution in [0.4, 0.5) is 10.1 Å². The van der Waals surface area contributed by atoms with Crippen LogP contribution < -0.4 is 4.31 Å². The molecule has 0 aromatic heterocycles. The molecule has 0 heterocycles. The topological polar surface area (TPSA) is 37.4 Å². The minimum atomic E-state index is -3.33. The number of benzene rings is 1. The van der Waals surface area contributed by atoms with Crippen molar-refractivity contribution in [3.63, 3.8) is 0 Å². The first-order chi connectivity index (χ1) is 6.32. The second kappa shape index (κ2) is 3.86. The molecule has 0 aliphatic heterocycles. The summed E-state index contributed by atoms with van der Waals surface area (Å²) in [5.41, 5.74) is 0.299. The van der Waals surface area contributed by atoms with Crippen LogP contribution in [0.3, 0.4) is 0 Å². The molecule has 14 heavy (non-hydrogen) atoms. The van der Waals surface area contributed by atoms with Gasteiger partial charge in [0.1, 0.15) is 5.82 Å². The maximum Gasteiger partial charge on any atom is 0.231 e. The molecule has 6 heteroatoms. The van der Waals surface area contributed by atoms with E-state index in [-0.39, 0.29) is 0 Å². The average Bonchev–Trinajstić information content (AvgIpc) is 2.07. The first kappa shape index (κ1) is 11.5. The van der Waals surface area contributed by atoms with Gasteiger partial charge in [-0.1, -0.05) is 0 Å². The van der Waals surface area contributed by atoms with Crippen molar-refractivity contribution >= 4 is 31.6 Å². The van der Waals surface area contributed by atoms with Crippen LogP contribution in [0.2, 0.25) is 0 Å². The van der Waals surface area contributed by atoms with Crippen molar-refractivity contribution in [1.82, 2.24) is 0 Å². The summed E-state index contributed by atoms with van der Waals surface area (Å²) in [7, 11) is -1.96. The summed E-state index contributed by atoms with van der Waals surface area (Å²) in [5.74, 6) is -0.488. The van der Waals surface area contributed by atoms with Gasteiger partial charge in [-0.25, -0.2) is 12.8 Å². The van der Waals surface area contributed by atoms with Gasteiger partial charge in [0.25, 0.3) is 0 Å². The lowest BCUT2D eigenvalue weighted by molar-refractivity contribution is 0.599. The van der Waals surface area contributed by atoms with Gasteiger partial charge in [0, 0.05) is 7.05 Å². The van der Waals surface area contributed by atoms with Gasteiger partial charge in [0.15, 0.2) is 0 Å². The molecule has 1 aromatic rings. The quantitative estimate of drug-likeness (QED) is 0.831. The fourth-order valence-corrected chi connectivity index (χ4v) is 1.62. The summed E-state index contributed by atoms with van der Waals surface area (Å²) in [4.78, 5) is 0. The Labute approximate surface area is 90.7 Å². The van der Waals surface area contributed by atoms with Crippen LogP contribution in [-0.2, 0) is 10.0 Å². The second-order valence-corrected chi connectivity index (χ2v) is 5.70. The summed E-state index contributed by atoms with van der Waals surface area (Å²) in [6.07, 6.45) is 1.06. The highest BCUT2D eigenvalue weighted by Crippen LogP contribution is 2.22. The monoisotopic (exact) mass is 281 g/mol. The summed E-state index contributed by atoms with van der Waals surface area (Å²) in [6.45, 7) is 0. The van der Waals surface area contributed by atoms with Crippen molar-refractivity contribution in [2.45, 2.75) is 0 Å². The molecular formula is C8H9BrFNO2S. The number of halogens is 2.